The van der Waals surface area contributed by atoms with Crippen LogP contribution in [0, 0.1) is 6.92 Å². The molecule has 0 aliphatic heterocycles. The van der Waals surface area contributed by atoms with Gasteiger partial charge in [0.05, 0.1) is 23.7 Å². The van der Waals surface area contributed by atoms with Crippen molar-refractivity contribution in [3.63, 3.8) is 0 Å². The molecule has 2 rings (SSSR count). The molecule has 0 saturated carbocycles. The van der Waals surface area contributed by atoms with Crippen molar-refractivity contribution in [1.82, 2.24) is 9.97 Å². The van der Waals surface area contributed by atoms with Gasteiger partial charge in [-0.1, -0.05) is 13.8 Å². The highest BCUT2D eigenvalue weighted by Gasteiger charge is 2.04. The summed E-state index contributed by atoms with van der Waals surface area (Å²) >= 11 is 0. The number of aromatic nitrogens is 2. The fourth-order valence-electron chi connectivity index (χ4n) is 1.61. The molecule has 0 radical (unpaired) electrons. The van der Waals surface area contributed by atoms with Gasteiger partial charge >= 0.3 is 0 Å². The van der Waals surface area contributed by atoms with Crippen molar-refractivity contribution in [1.29, 1.82) is 0 Å². The van der Waals surface area contributed by atoms with Crippen LogP contribution in [0.5, 0.6) is 5.75 Å². The van der Waals surface area contributed by atoms with Crippen LogP contribution in [0.2, 0.25) is 0 Å². The molecule has 0 spiro atoms. The number of nitrogens with two attached hydrogens (primary N) is 1. The van der Waals surface area contributed by atoms with Crippen molar-refractivity contribution in [2.75, 3.05) is 5.73 Å². The highest BCUT2D eigenvalue weighted by molar-refractivity contribution is 5.60. The van der Waals surface area contributed by atoms with Gasteiger partial charge in [-0.25, -0.2) is 9.97 Å². The highest BCUT2D eigenvalue weighted by atomic mass is 16.5. The van der Waals surface area contributed by atoms with Gasteiger partial charge in [0.15, 0.2) is 0 Å². The van der Waals surface area contributed by atoms with Crippen molar-refractivity contribution in [3.8, 4) is 17.0 Å². The zero-order valence-corrected chi connectivity index (χ0v) is 12.8. The van der Waals surface area contributed by atoms with Crippen molar-refractivity contribution >= 4 is 5.82 Å². The van der Waals surface area contributed by atoms with E-state index in [1.54, 1.807) is 6.20 Å². The van der Waals surface area contributed by atoms with Gasteiger partial charge in [-0.05, 0) is 45.0 Å². The van der Waals surface area contributed by atoms with Crippen LogP contribution in [0.3, 0.4) is 0 Å². The molecule has 20 heavy (non-hydrogen) atoms. The third-order valence-electron chi connectivity index (χ3n) is 2.51. The van der Waals surface area contributed by atoms with E-state index < -0.39 is 0 Å². The summed E-state index contributed by atoms with van der Waals surface area (Å²) in [5, 5.41) is 0. The van der Waals surface area contributed by atoms with E-state index in [4.69, 9.17) is 10.5 Å². The van der Waals surface area contributed by atoms with Crippen LogP contribution in [-0.4, -0.2) is 16.1 Å². The minimum Gasteiger partial charge on any atom is -0.491 e. The zero-order chi connectivity index (χ0) is 15.1. The normalized spacial score (nSPS) is 9.90. The lowest BCUT2D eigenvalue weighted by molar-refractivity contribution is 0.242. The van der Waals surface area contributed by atoms with Crippen molar-refractivity contribution in [2.24, 2.45) is 0 Å². The molecule has 0 amide bonds. The quantitative estimate of drug-likeness (QED) is 0.922. The van der Waals surface area contributed by atoms with E-state index in [1.807, 2.05) is 58.9 Å². The molecule has 0 atom stereocenters. The second-order valence-corrected chi connectivity index (χ2v) is 4.42. The lowest BCUT2D eigenvalue weighted by atomic mass is 10.1. The maximum Gasteiger partial charge on any atom is 0.144 e. The van der Waals surface area contributed by atoms with Gasteiger partial charge in [0.2, 0.25) is 0 Å². The number of nitrogens with zero attached hydrogens (tertiary/aromatic N) is 2. The molecule has 0 aliphatic carbocycles. The Morgan fingerprint density at radius 1 is 1.10 bits per heavy atom. The van der Waals surface area contributed by atoms with Crippen LogP contribution in [-0.2, 0) is 0 Å². The van der Waals surface area contributed by atoms with Crippen molar-refractivity contribution in [3.05, 3.63) is 36.2 Å². The second-order valence-electron chi connectivity index (χ2n) is 4.42. The molecule has 2 aromatic rings. The molecule has 108 valence electrons. The van der Waals surface area contributed by atoms with E-state index in [0.29, 0.717) is 5.82 Å². The number of aryl methyl sites for hydroxylation is 1. The molecule has 0 aliphatic rings. The average molecular weight is 273 g/mol. The highest BCUT2D eigenvalue weighted by Crippen LogP contribution is 2.21. The summed E-state index contributed by atoms with van der Waals surface area (Å²) in [5.41, 5.74) is 8.22. The maximum absolute atomic E-state index is 5.65. The molecule has 0 fully saturated rings. The molecule has 1 heterocycles. The Morgan fingerprint density at radius 2 is 1.70 bits per heavy atom. The van der Waals surface area contributed by atoms with E-state index in [0.717, 1.165) is 22.7 Å². The minimum atomic E-state index is 0.175. The first-order valence-corrected chi connectivity index (χ1v) is 6.92. The molecule has 0 unspecified atom stereocenters. The smallest absolute Gasteiger partial charge is 0.144 e. The maximum atomic E-state index is 5.65. The standard InChI is InChI=1S/C14H17N3O.C2H6/c1-9(2)18-12-6-4-11(5-7-12)13-8-16-14(15)10(3)17-13;1-2/h4-9H,1-3H3,(H2,15,16);1-2H3. The summed E-state index contributed by atoms with van der Waals surface area (Å²) < 4.78 is 5.59. The Morgan fingerprint density at radius 3 is 2.20 bits per heavy atom. The molecular weight excluding hydrogens is 250 g/mol. The topological polar surface area (TPSA) is 61.0 Å². The summed E-state index contributed by atoms with van der Waals surface area (Å²) in [6, 6.07) is 7.81. The van der Waals surface area contributed by atoms with E-state index in [2.05, 4.69) is 9.97 Å². The van der Waals surface area contributed by atoms with Crippen LogP contribution in [0.1, 0.15) is 33.4 Å². The van der Waals surface area contributed by atoms with Crippen molar-refractivity contribution < 1.29 is 4.74 Å². The lowest BCUT2D eigenvalue weighted by Crippen LogP contribution is -2.05. The lowest BCUT2D eigenvalue weighted by Gasteiger charge is -2.10. The molecule has 1 aromatic carbocycles. The fourth-order valence-corrected chi connectivity index (χ4v) is 1.61. The number of hydrogen-bond donors (Lipinski definition) is 1. The van der Waals surface area contributed by atoms with Crippen LogP contribution in [0.25, 0.3) is 11.3 Å². The molecule has 4 nitrogen and oxygen atoms in total. The zero-order valence-electron chi connectivity index (χ0n) is 12.8. The summed E-state index contributed by atoms with van der Waals surface area (Å²) in [7, 11) is 0. The number of hydrogen-bond acceptors (Lipinski definition) is 4. The summed E-state index contributed by atoms with van der Waals surface area (Å²) in [6.07, 6.45) is 1.86. The monoisotopic (exact) mass is 273 g/mol. The first-order chi connectivity index (χ1) is 9.56. The number of anilines is 1. The Bertz CT molecular complexity index is 536. The molecule has 1 aromatic heterocycles. The predicted molar refractivity (Wildman–Crippen MR) is 83.7 cm³/mol. The molecule has 4 heteroatoms. The SMILES string of the molecule is CC.Cc1nc(-c2ccc(OC(C)C)cc2)cnc1N. The van der Waals surface area contributed by atoms with Crippen molar-refractivity contribution in [2.45, 2.75) is 40.7 Å². The molecule has 2 N–H and O–H groups in total. The molecular formula is C16H23N3O. The van der Waals surface area contributed by atoms with Gasteiger partial charge in [0.25, 0.3) is 0 Å². The number of benzene rings is 1. The van der Waals surface area contributed by atoms with E-state index >= 15 is 0 Å². The first-order valence-electron chi connectivity index (χ1n) is 6.92. The number of nitrogen functional groups attached to an aromatic ring is 1. The predicted octanol–water partition coefficient (Wildman–Crippen LogP) is 3.85. The molecule has 0 bridgehead atoms. The Balaban J connectivity index is 0.000000956. The van der Waals surface area contributed by atoms with Crippen LogP contribution in [0.4, 0.5) is 5.82 Å². The second kappa shape index (κ2) is 7.48. The Labute approximate surface area is 121 Å². The summed E-state index contributed by atoms with van der Waals surface area (Å²) in [6.45, 7) is 9.85. The van der Waals surface area contributed by atoms with Crippen LogP contribution in [0.15, 0.2) is 30.5 Å². The van der Waals surface area contributed by atoms with E-state index in [-0.39, 0.29) is 6.10 Å². The van der Waals surface area contributed by atoms with Gasteiger partial charge in [-0.2, -0.15) is 0 Å². The number of rotatable bonds is 3. The van der Waals surface area contributed by atoms with E-state index in [9.17, 15) is 0 Å². The average Bonchev–Trinajstić information content (AvgIpc) is 2.44. The number of ether oxygens (including phenoxy) is 1. The first kappa shape index (κ1) is 16.0. The Kier molecular flexibility index (Phi) is 5.97. The fraction of sp³-hybridized carbons (Fsp3) is 0.375. The van der Waals surface area contributed by atoms with Gasteiger partial charge in [0, 0.05) is 5.56 Å². The van der Waals surface area contributed by atoms with Crippen LogP contribution < -0.4 is 10.5 Å². The van der Waals surface area contributed by atoms with E-state index in [1.165, 1.54) is 0 Å². The van der Waals surface area contributed by atoms with Gasteiger partial charge in [0.1, 0.15) is 11.6 Å². The van der Waals surface area contributed by atoms with Gasteiger partial charge in [-0.3, -0.25) is 0 Å². The van der Waals surface area contributed by atoms with Crippen LogP contribution >= 0.6 is 0 Å². The Hall–Kier alpha value is -2.10. The summed E-state index contributed by atoms with van der Waals surface area (Å²) in [4.78, 5) is 8.52. The third-order valence-corrected chi connectivity index (χ3v) is 2.51. The molecule has 0 saturated heterocycles. The van der Waals surface area contributed by atoms with Gasteiger partial charge < -0.3 is 10.5 Å². The third kappa shape index (κ3) is 4.23. The largest absolute Gasteiger partial charge is 0.491 e. The van der Waals surface area contributed by atoms with Gasteiger partial charge in [-0.15, -0.1) is 0 Å². The summed E-state index contributed by atoms with van der Waals surface area (Å²) in [5.74, 6) is 1.33. The minimum absolute atomic E-state index is 0.175.